The molecule has 0 radical (unpaired) electrons. The number of thiazole rings is 1. The van der Waals surface area contributed by atoms with Gasteiger partial charge in [0.25, 0.3) is 5.91 Å². The van der Waals surface area contributed by atoms with E-state index in [1.807, 2.05) is 38.1 Å². The minimum Gasteiger partial charge on any atom is -0.497 e. The third-order valence-corrected chi connectivity index (χ3v) is 5.24. The SMILES string of the molecule is COC(=O)c1nc(NC(=O)c2cc(-c3cccc(OC)c3)n[nH]2)sc1C(C)C. The summed E-state index contributed by atoms with van der Waals surface area (Å²) in [4.78, 5) is 29.4. The Kier molecular flexibility index (Phi) is 5.74. The van der Waals surface area contributed by atoms with Gasteiger partial charge in [-0.1, -0.05) is 26.0 Å². The van der Waals surface area contributed by atoms with Crippen LogP contribution >= 0.6 is 11.3 Å². The number of nitrogens with one attached hydrogen (secondary N) is 2. The molecule has 0 fully saturated rings. The molecule has 146 valence electrons. The van der Waals surface area contributed by atoms with Crippen molar-refractivity contribution in [2.45, 2.75) is 19.8 Å². The fourth-order valence-corrected chi connectivity index (χ4v) is 3.50. The molecule has 0 atom stereocenters. The molecule has 28 heavy (non-hydrogen) atoms. The number of carbonyl (C=O) groups is 2. The number of hydrogen-bond acceptors (Lipinski definition) is 7. The Morgan fingerprint density at radius 1 is 1.21 bits per heavy atom. The van der Waals surface area contributed by atoms with Crippen LogP contribution in [0.4, 0.5) is 5.13 Å². The fourth-order valence-electron chi connectivity index (χ4n) is 2.55. The van der Waals surface area contributed by atoms with E-state index in [1.165, 1.54) is 18.4 Å². The molecule has 2 aromatic heterocycles. The standard InChI is InChI=1S/C19H20N4O4S/c1-10(2)16-15(18(25)27-4)20-19(28-16)21-17(24)14-9-13(22-23-14)11-6-5-7-12(8-11)26-3/h5-10H,1-4H3,(H,22,23)(H,20,21,24). The zero-order valence-electron chi connectivity index (χ0n) is 15.9. The summed E-state index contributed by atoms with van der Waals surface area (Å²) in [5.41, 5.74) is 1.93. The van der Waals surface area contributed by atoms with Gasteiger partial charge in [0.1, 0.15) is 11.4 Å². The molecule has 0 aliphatic rings. The highest BCUT2D eigenvalue weighted by Gasteiger charge is 2.22. The molecule has 3 rings (SSSR count). The van der Waals surface area contributed by atoms with Gasteiger partial charge in [-0.15, -0.1) is 11.3 Å². The van der Waals surface area contributed by atoms with Gasteiger partial charge in [-0.25, -0.2) is 9.78 Å². The molecule has 2 N–H and O–H groups in total. The maximum atomic E-state index is 12.6. The number of methoxy groups -OCH3 is 2. The first-order chi connectivity index (χ1) is 13.4. The predicted octanol–water partition coefficient (Wildman–Crippen LogP) is 3.70. The van der Waals surface area contributed by atoms with E-state index in [0.29, 0.717) is 16.6 Å². The smallest absolute Gasteiger partial charge is 0.357 e. The Morgan fingerprint density at radius 3 is 2.68 bits per heavy atom. The van der Waals surface area contributed by atoms with E-state index in [-0.39, 0.29) is 17.3 Å². The normalized spacial score (nSPS) is 10.8. The average molecular weight is 400 g/mol. The number of H-pyrrole nitrogens is 1. The van der Waals surface area contributed by atoms with Crippen LogP contribution in [-0.2, 0) is 4.74 Å². The lowest BCUT2D eigenvalue weighted by Gasteiger charge is -2.02. The van der Waals surface area contributed by atoms with Crippen LogP contribution in [0.25, 0.3) is 11.3 Å². The highest BCUT2D eigenvalue weighted by Crippen LogP contribution is 2.30. The van der Waals surface area contributed by atoms with Gasteiger partial charge < -0.3 is 9.47 Å². The van der Waals surface area contributed by atoms with Crippen LogP contribution in [0.1, 0.15) is 45.6 Å². The van der Waals surface area contributed by atoms with Gasteiger partial charge in [-0.05, 0) is 24.1 Å². The quantitative estimate of drug-likeness (QED) is 0.611. The lowest BCUT2D eigenvalue weighted by molar-refractivity contribution is 0.0593. The number of nitrogens with zero attached hydrogens (tertiary/aromatic N) is 2. The fraction of sp³-hybridized carbons (Fsp3) is 0.263. The Balaban J connectivity index is 1.80. The number of ether oxygens (including phenoxy) is 2. The van der Waals surface area contributed by atoms with Crippen LogP contribution in [0.15, 0.2) is 30.3 Å². The van der Waals surface area contributed by atoms with Gasteiger partial charge in [0, 0.05) is 10.4 Å². The summed E-state index contributed by atoms with van der Waals surface area (Å²) >= 11 is 1.25. The second kappa shape index (κ2) is 8.22. The number of amides is 1. The van der Waals surface area contributed by atoms with Gasteiger partial charge in [0.2, 0.25) is 0 Å². The summed E-state index contributed by atoms with van der Waals surface area (Å²) in [5.74, 6) is -0.153. The van der Waals surface area contributed by atoms with Crippen molar-refractivity contribution in [3.8, 4) is 17.0 Å². The molecule has 9 heteroatoms. The number of anilines is 1. The third-order valence-electron chi connectivity index (χ3n) is 3.96. The molecular formula is C19H20N4O4S. The summed E-state index contributed by atoms with van der Waals surface area (Å²) < 4.78 is 9.98. The molecule has 2 heterocycles. The van der Waals surface area contributed by atoms with Crippen molar-refractivity contribution in [3.63, 3.8) is 0 Å². The van der Waals surface area contributed by atoms with E-state index < -0.39 is 11.9 Å². The van der Waals surface area contributed by atoms with Crippen molar-refractivity contribution >= 4 is 28.3 Å². The van der Waals surface area contributed by atoms with Crippen LogP contribution in [-0.4, -0.2) is 41.3 Å². The molecule has 0 bridgehead atoms. The monoisotopic (exact) mass is 400 g/mol. The maximum Gasteiger partial charge on any atom is 0.357 e. The van der Waals surface area contributed by atoms with Gasteiger partial charge >= 0.3 is 5.97 Å². The van der Waals surface area contributed by atoms with Crippen molar-refractivity contribution in [3.05, 3.63) is 46.6 Å². The number of hydrogen-bond donors (Lipinski definition) is 2. The third kappa shape index (κ3) is 4.04. The number of aromatic nitrogens is 3. The summed E-state index contributed by atoms with van der Waals surface area (Å²) in [5, 5.41) is 9.94. The predicted molar refractivity (Wildman–Crippen MR) is 106 cm³/mol. The number of esters is 1. The van der Waals surface area contributed by atoms with Crippen LogP contribution < -0.4 is 10.1 Å². The van der Waals surface area contributed by atoms with Crippen molar-refractivity contribution in [1.82, 2.24) is 15.2 Å². The van der Waals surface area contributed by atoms with E-state index in [9.17, 15) is 9.59 Å². The zero-order chi connectivity index (χ0) is 20.3. The Hall–Kier alpha value is -3.20. The number of carbonyl (C=O) groups excluding carboxylic acids is 2. The summed E-state index contributed by atoms with van der Waals surface area (Å²) in [6.07, 6.45) is 0. The molecule has 0 aliphatic carbocycles. The first-order valence-electron chi connectivity index (χ1n) is 8.53. The molecule has 0 saturated heterocycles. The van der Waals surface area contributed by atoms with Gasteiger partial charge in [0.05, 0.1) is 19.9 Å². The molecule has 0 aliphatic heterocycles. The van der Waals surface area contributed by atoms with Gasteiger partial charge in [-0.3, -0.25) is 15.2 Å². The van der Waals surface area contributed by atoms with Gasteiger partial charge in [-0.2, -0.15) is 5.10 Å². The van der Waals surface area contributed by atoms with Gasteiger partial charge in [0.15, 0.2) is 10.8 Å². The van der Waals surface area contributed by atoms with E-state index in [2.05, 4.69) is 20.5 Å². The first-order valence-corrected chi connectivity index (χ1v) is 9.34. The molecule has 1 amide bonds. The van der Waals surface area contributed by atoms with Crippen LogP contribution in [0.3, 0.4) is 0 Å². The largest absolute Gasteiger partial charge is 0.497 e. The molecule has 0 spiro atoms. The molecular weight excluding hydrogens is 380 g/mol. The Bertz CT molecular complexity index is 1010. The van der Waals surface area contributed by atoms with Crippen molar-refractivity contribution in [1.29, 1.82) is 0 Å². The van der Waals surface area contributed by atoms with Crippen LogP contribution in [0, 0.1) is 0 Å². The van der Waals surface area contributed by atoms with E-state index in [1.54, 1.807) is 13.2 Å². The van der Waals surface area contributed by atoms with Crippen LogP contribution in [0.2, 0.25) is 0 Å². The second-order valence-corrected chi connectivity index (χ2v) is 7.26. The Labute approximate surface area is 165 Å². The van der Waals surface area contributed by atoms with Crippen molar-refractivity contribution < 1.29 is 19.1 Å². The molecule has 1 aromatic carbocycles. The van der Waals surface area contributed by atoms with Crippen molar-refractivity contribution in [2.24, 2.45) is 0 Å². The Morgan fingerprint density at radius 2 is 2.00 bits per heavy atom. The van der Waals surface area contributed by atoms with Crippen molar-refractivity contribution in [2.75, 3.05) is 19.5 Å². The summed E-state index contributed by atoms with van der Waals surface area (Å²) in [6, 6.07) is 9.02. The van der Waals surface area contributed by atoms with E-state index in [0.717, 1.165) is 10.4 Å². The lowest BCUT2D eigenvalue weighted by atomic mass is 10.1. The number of aromatic amines is 1. The average Bonchev–Trinajstić information content (AvgIpc) is 3.35. The zero-order valence-corrected chi connectivity index (χ0v) is 16.7. The maximum absolute atomic E-state index is 12.6. The van der Waals surface area contributed by atoms with E-state index in [4.69, 9.17) is 9.47 Å². The molecule has 8 nitrogen and oxygen atoms in total. The molecule has 0 saturated carbocycles. The topological polar surface area (TPSA) is 106 Å². The van der Waals surface area contributed by atoms with E-state index >= 15 is 0 Å². The second-order valence-electron chi connectivity index (χ2n) is 6.23. The minimum absolute atomic E-state index is 0.0732. The molecule has 3 aromatic rings. The summed E-state index contributed by atoms with van der Waals surface area (Å²) in [7, 11) is 2.89. The van der Waals surface area contributed by atoms with Crippen LogP contribution in [0.5, 0.6) is 5.75 Å². The highest BCUT2D eigenvalue weighted by molar-refractivity contribution is 7.16. The lowest BCUT2D eigenvalue weighted by Crippen LogP contribution is -2.12. The summed E-state index contributed by atoms with van der Waals surface area (Å²) in [6.45, 7) is 3.89. The number of benzene rings is 1. The molecule has 0 unspecified atom stereocenters. The minimum atomic E-state index is -0.526. The number of rotatable bonds is 6. The first kappa shape index (κ1) is 19.6. The highest BCUT2D eigenvalue weighted by atomic mass is 32.1.